The number of aromatic nitrogens is 4. The maximum atomic E-state index is 12.2. The van der Waals surface area contributed by atoms with Gasteiger partial charge in [0.2, 0.25) is 5.88 Å². The molecule has 0 bridgehead atoms. The minimum Gasteiger partial charge on any atom is -0.481 e. The minimum absolute atomic E-state index is 0.0242. The van der Waals surface area contributed by atoms with Crippen molar-refractivity contribution in [2.75, 3.05) is 11.9 Å². The minimum atomic E-state index is -0.934. The van der Waals surface area contributed by atoms with Crippen LogP contribution in [0.15, 0.2) is 42.7 Å². The van der Waals surface area contributed by atoms with E-state index >= 15 is 0 Å². The van der Waals surface area contributed by atoms with Gasteiger partial charge in [0, 0.05) is 37.0 Å². The van der Waals surface area contributed by atoms with E-state index in [1.807, 2.05) is 42.6 Å². The number of carbonyl (C=O) groups excluding carboxylic acids is 1. The first-order valence-electron chi connectivity index (χ1n) is 16.2. The highest BCUT2D eigenvalue weighted by Crippen LogP contribution is 2.39. The van der Waals surface area contributed by atoms with E-state index < -0.39 is 12.1 Å². The Kier molecular flexibility index (Phi) is 11.0. The summed E-state index contributed by atoms with van der Waals surface area (Å²) in [4.78, 5) is 37.1. The number of anilines is 1. The standard InChI is InChI=1S/C35H43N7O5/c1-4-5-6-7-14-46-35(45)41-34(36)26-15-22(2)28(23(3)16-26)18-37-30-17-32(40-29(39-30)11-13-33(43)44)47-21-27-20-42-19-25(24-8-9-24)10-12-31(42)38-27/h10,12,15-17,19-20,24H,4-9,11,13-14,18,21H2,1-3H3,(H,43,44)(H2,36,41,45)(H,37,39,40). The summed E-state index contributed by atoms with van der Waals surface area (Å²) in [6.45, 7) is 6.96. The molecule has 0 atom stereocenters. The second kappa shape index (κ2) is 15.5. The first-order chi connectivity index (χ1) is 22.7. The number of amidine groups is 1. The molecular formula is C35H43N7O5. The molecule has 12 nitrogen and oxygen atoms in total. The Morgan fingerprint density at radius 2 is 1.83 bits per heavy atom. The van der Waals surface area contributed by atoms with Crippen molar-refractivity contribution in [2.24, 2.45) is 0 Å². The molecule has 5 rings (SSSR count). The lowest BCUT2D eigenvalue weighted by atomic mass is 9.98. The first kappa shape index (κ1) is 33.4. The molecule has 0 unspecified atom stereocenters. The largest absolute Gasteiger partial charge is 0.481 e. The average Bonchev–Trinajstić information content (AvgIpc) is 3.81. The number of aryl methyl sites for hydroxylation is 3. The molecule has 3 aromatic heterocycles. The number of benzene rings is 1. The van der Waals surface area contributed by atoms with Gasteiger partial charge < -0.3 is 24.3 Å². The fourth-order valence-electron chi connectivity index (χ4n) is 5.40. The van der Waals surface area contributed by atoms with Crippen LogP contribution in [0, 0.1) is 19.3 Å². The third-order valence-electron chi connectivity index (χ3n) is 8.14. The van der Waals surface area contributed by atoms with Crippen LogP contribution in [-0.4, -0.2) is 49.0 Å². The third kappa shape index (κ3) is 9.50. The van der Waals surface area contributed by atoms with Crippen LogP contribution in [0.1, 0.15) is 97.1 Å². The number of fused-ring (bicyclic) bond motifs is 1. The molecule has 1 amide bonds. The van der Waals surface area contributed by atoms with Gasteiger partial charge in [-0.3, -0.25) is 15.5 Å². The van der Waals surface area contributed by atoms with Gasteiger partial charge >= 0.3 is 12.1 Å². The predicted octanol–water partition coefficient (Wildman–Crippen LogP) is 6.46. The lowest BCUT2D eigenvalue weighted by molar-refractivity contribution is -0.137. The van der Waals surface area contributed by atoms with Crippen LogP contribution < -0.4 is 15.4 Å². The van der Waals surface area contributed by atoms with Gasteiger partial charge in [0.25, 0.3) is 0 Å². The van der Waals surface area contributed by atoms with E-state index in [-0.39, 0.29) is 25.3 Å². The lowest BCUT2D eigenvalue weighted by Gasteiger charge is -2.16. The summed E-state index contributed by atoms with van der Waals surface area (Å²) in [5.74, 6) is 0.865. The Morgan fingerprint density at radius 3 is 2.55 bits per heavy atom. The quantitative estimate of drug-likeness (QED) is 0.0611. The second-order valence-electron chi connectivity index (χ2n) is 12.1. The van der Waals surface area contributed by atoms with Gasteiger partial charge in [-0.25, -0.2) is 14.8 Å². The molecule has 1 saturated carbocycles. The SMILES string of the molecule is CCCCCCOC(=O)NC(=N)c1cc(C)c(CNc2cc(OCc3cn4cc(C5CC5)ccc4n3)nc(CCC(=O)O)n2)c(C)c1. The van der Waals surface area contributed by atoms with Crippen molar-refractivity contribution in [3.63, 3.8) is 0 Å². The summed E-state index contributed by atoms with van der Waals surface area (Å²) >= 11 is 0. The summed E-state index contributed by atoms with van der Waals surface area (Å²) in [6.07, 6.45) is 9.98. The van der Waals surface area contributed by atoms with Gasteiger partial charge in [-0.05, 0) is 79.5 Å². The molecule has 0 aliphatic heterocycles. The predicted molar refractivity (Wildman–Crippen MR) is 178 cm³/mol. The number of amides is 1. The van der Waals surface area contributed by atoms with Crippen LogP contribution in [0.3, 0.4) is 0 Å². The number of nitrogens with zero attached hydrogens (tertiary/aromatic N) is 4. The zero-order chi connectivity index (χ0) is 33.3. The number of aliphatic carboxylic acids is 1. The molecule has 0 spiro atoms. The normalized spacial score (nSPS) is 12.6. The molecule has 12 heteroatoms. The third-order valence-corrected chi connectivity index (χ3v) is 8.14. The molecule has 0 saturated heterocycles. The van der Waals surface area contributed by atoms with Crippen LogP contribution in [-0.2, 0) is 29.1 Å². The van der Waals surface area contributed by atoms with Gasteiger partial charge in [0.15, 0.2) is 0 Å². The number of imidazole rings is 1. The van der Waals surface area contributed by atoms with E-state index in [1.54, 1.807) is 6.07 Å². The molecule has 1 aliphatic carbocycles. The number of hydrogen-bond donors (Lipinski definition) is 4. The zero-order valence-corrected chi connectivity index (χ0v) is 27.3. The van der Waals surface area contributed by atoms with E-state index in [2.05, 4.69) is 44.8 Å². The van der Waals surface area contributed by atoms with Crippen molar-refractivity contribution in [2.45, 2.75) is 91.2 Å². The van der Waals surface area contributed by atoms with Gasteiger partial charge in [-0.2, -0.15) is 4.98 Å². The topological polar surface area (TPSA) is 164 Å². The van der Waals surface area contributed by atoms with E-state index in [0.29, 0.717) is 42.2 Å². The van der Waals surface area contributed by atoms with Crippen molar-refractivity contribution >= 4 is 29.4 Å². The maximum absolute atomic E-state index is 12.2. The molecule has 0 radical (unpaired) electrons. The lowest BCUT2D eigenvalue weighted by Crippen LogP contribution is -2.31. The number of unbranched alkanes of at least 4 members (excludes halogenated alkanes) is 3. The molecule has 1 aliphatic rings. The molecular weight excluding hydrogens is 598 g/mol. The van der Waals surface area contributed by atoms with Gasteiger partial charge in [-0.1, -0.05) is 32.3 Å². The molecule has 47 heavy (non-hydrogen) atoms. The molecule has 4 N–H and O–H groups in total. The van der Waals surface area contributed by atoms with Crippen LogP contribution in [0.5, 0.6) is 5.88 Å². The van der Waals surface area contributed by atoms with E-state index in [9.17, 15) is 14.7 Å². The van der Waals surface area contributed by atoms with Crippen molar-refractivity contribution in [1.29, 1.82) is 5.41 Å². The number of alkyl carbamates (subject to hydrolysis) is 1. The van der Waals surface area contributed by atoms with Gasteiger partial charge in [0.1, 0.15) is 29.7 Å². The number of carbonyl (C=O) groups is 2. The summed E-state index contributed by atoms with van der Waals surface area (Å²) < 4.78 is 13.3. The number of carboxylic acid groups (broad SMARTS) is 1. The van der Waals surface area contributed by atoms with Crippen LogP contribution >= 0.6 is 0 Å². The van der Waals surface area contributed by atoms with Gasteiger partial charge in [0.05, 0.1) is 18.7 Å². The summed E-state index contributed by atoms with van der Waals surface area (Å²) in [6, 6.07) is 9.55. The van der Waals surface area contributed by atoms with Crippen LogP contribution in [0.4, 0.5) is 10.6 Å². The second-order valence-corrected chi connectivity index (χ2v) is 12.1. The van der Waals surface area contributed by atoms with Crippen molar-refractivity contribution < 1.29 is 24.2 Å². The van der Waals surface area contributed by atoms with E-state index in [1.165, 1.54) is 18.4 Å². The number of hydrogen-bond acceptors (Lipinski definition) is 9. The fraction of sp³-hybridized carbons (Fsp3) is 0.429. The smallest absolute Gasteiger partial charge is 0.412 e. The Labute approximate surface area is 274 Å². The molecule has 4 aromatic rings. The van der Waals surface area contributed by atoms with Crippen molar-refractivity contribution in [3.8, 4) is 5.88 Å². The number of rotatable bonds is 16. The van der Waals surface area contributed by atoms with Gasteiger partial charge in [-0.15, -0.1) is 0 Å². The van der Waals surface area contributed by atoms with Crippen LogP contribution in [0.2, 0.25) is 0 Å². The molecule has 1 aromatic carbocycles. The monoisotopic (exact) mass is 641 g/mol. The Morgan fingerprint density at radius 1 is 1.04 bits per heavy atom. The molecule has 3 heterocycles. The average molecular weight is 642 g/mol. The number of carboxylic acids is 1. The number of ether oxygens (including phenoxy) is 2. The van der Waals surface area contributed by atoms with Crippen molar-refractivity contribution in [1.82, 2.24) is 24.7 Å². The first-order valence-corrected chi connectivity index (χ1v) is 16.2. The van der Waals surface area contributed by atoms with E-state index in [4.69, 9.17) is 14.9 Å². The summed E-state index contributed by atoms with van der Waals surface area (Å²) in [7, 11) is 0. The van der Waals surface area contributed by atoms with Crippen LogP contribution in [0.25, 0.3) is 5.65 Å². The number of pyridine rings is 1. The summed E-state index contributed by atoms with van der Waals surface area (Å²) in [5, 5.41) is 23.5. The Hall–Kier alpha value is -5.00. The Balaban J connectivity index is 1.23. The maximum Gasteiger partial charge on any atom is 0.412 e. The molecule has 1 fully saturated rings. The zero-order valence-electron chi connectivity index (χ0n) is 27.3. The highest BCUT2D eigenvalue weighted by atomic mass is 16.5. The summed E-state index contributed by atoms with van der Waals surface area (Å²) in [5.41, 5.74) is 6.37. The number of nitrogens with one attached hydrogen (secondary N) is 3. The highest BCUT2D eigenvalue weighted by Gasteiger charge is 2.24. The molecule has 248 valence electrons. The van der Waals surface area contributed by atoms with Crippen molar-refractivity contribution in [3.05, 3.63) is 82.1 Å². The van der Waals surface area contributed by atoms with E-state index in [0.717, 1.165) is 53.7 Å². The fourth-order valence-corrected chi connectivity index (χ4v) is 5.40. The highest BCUT2D eigenvalue weighted by molar-refractivity contribution is 6.04. The Bertz CT molecular complexity index is 1720.